The van der Waals surface area contributed by atoms with Gasteiger partial charge in [-0.25, -0.2) is 4.39 Å². The molecule has 3 N–H and O–H groups in total. The van der Waals surface area contributed by atoms with Crippen molar-refractivity contribution in [3.05, 3.63) is 45.6 Å². The standard InChI is InChI=1S/C13H11BrClFN2O/c1-19-13-3-2-7(4-9(13)15)18-12-5-8(14)10(16)6-11(12)17/h2-6,18H,17H2,1H3. The molecular formula is C13H11BrClFN2O. The Morgan fingerprint density at radius 2 is 2.05 bits per heavy atom. The molecular weight excluding hydrogens is 335 g/mol. The molecule has 2 rings (SSSR count). The maximum atomic E-state index is 13.3. The van der Waals surface area contributed by atoms with Crippen molar-refractivity contribution in [2.24, 2.45) is 0 Å². The van der Waals surface area contributed by atoms with Crippen molar-refractivity contribution in [3.8, 4) is 5.75 Å². The Hall–Kier alpha value is -1.46. The maximum absolute atomic E-state index is 13.3. The van der Waals surface area contributed by atoms with Crippen LogP contribution in [0.25, 0.3) is 0 Å². The highest BCUT2D eigenvalue weighted by molar-refractivity contribution is 9.10. The molecule has 0 unspecified atom stereocenters. The molecule has 0 aliphatic rings. The average molecular weight is 346 g/mol. The van der Waals surface area contributed by atoms with Gasteiger partial charge in [-0.15, -0.1) is 0 Å². The van der Waals surface area contributed by atoms with Gasteiger partial charge in [-0.05, 0) is 40.2 Å². The highest BCUT2D eigenvalue weighted by atomic mass is 79.9. The van der Waals surface area contributed by atoms with Crippen molar-refractivity contribution < 1.29 is 9.13 Å². The zero-order valence-electron chi connectivity index (χ0n) is 10.0. The first kappa shape index (κ1) is 14.0. The van der Waals surface area contributed by atoms with E-state index in [0.717, 1.165) is 5.69 Å². The molecule has 0 radical (unpaired) electrons. The molecule has 0 amide bonds. The Bertz CT molecular complexity index is 622. The number of rotatable bonds is 3. The molecule has 2 aromatic carbocycles. The number of halogens is 3. The summed E-state index contributed by atoms with van der Waals surface area (Å²) in [6.07, 6.45) is 0. The van der Waals surface area contributed by atoms with Gasteiger partial charge in [-0.1, -0.05) is 11.6 Å². The molecule has 0 bridgehead atoms. The van der Waals surface area contributed by atoms with E-state index in [-0.39, 0.29) is 0 Å². The smallest absolute Gasteiger partial charge is 0.139 e. The summed E-state index contributed by atoms with van der Waals surface area (Å²) >= 11 is 9.14. The van der Waals surface area contributed by atoms with Crippen LogP contribution in [0.5, 0.6) is 5.75 Å². The molecule has 3 nitrogen and oxygen atoms in total. The molecule has 0 atom stereocenters. The fraction of sp³-hybridized carbons (Fsp3) is 0.0769. The van der Waals surface area contributed by atoms with Gasteiger partial charge in [0, 0.05) is 11.8 Å². The molecule has 100 valence electrons. The SMILES string of the molecule is COc1ccc(Nc2cc(Br)c(F)cc2N)cc1Cl. The highest BCUT2D eigenvalue weighted by Crippen LogP contribution is 2.32. The van der Waals surface area contributed by atoms with E-state index in [4.69, 9.17) is 22.1 Å². The van der Waals surface area contributed by atoms with Crippen molar-refractivity contribution in [2.45, 2.75) is 0 Å². The van der Waals surface area contributed by atoms with Gasteiger partial charge in [0.25, 0.3) is 0 Å². The van der Waals surface area contributed by atoms with Crippen molar-refractivity contribution in [1.82, 2.24) is 0 Å². The maximum Gasteiger partial charge on any atom is 0.139 e. The van der Waals surface area contributed by atoms with E-state index in [1.54, 1.807) is 31.4 Å². The second-order valence-electron chi connectivity index (χ2n) is 3.83. The van der Waals surface area contributed by atoms with Crippen LogP contribution in [0.2, 0.25) is 5.02 Å². The minimum Gasteiger partial charge on any atom is -0.495 e. The van der Waals surface area contributed by atoms with Crippen LogP contribution in [0.15, 0.2) is 34.8 Å². The fourth-order valence-corrected chi connectivity index (χ4v) is 2.17. The number of ether oxygens (including phenoxy) is 1. The molecule has 2 aromatic rings. The highest BCUT2D eigenvalue weighted by Gasteiger charge is 2.07. The largest absolute Gasteiger partial charge is 0.495 e. The lowest BCUT2D eigenvalue weighted by Gasteiger charge is -2.12. The van der Waals surface area contributed by atoms with Gasteiger partial charge in [0.1, 0.15) is 11.6 Å². The molecule has 0 saturated carbocycles. The van der Waals surface area contributed by atoms with Crippen molar-refractivity contribution in [1.29, 1.82) is 0 Å². The molecule has 0 fully saturated rings. The van der Waals surface area contributed by atoms with Crippen LogP contribution in [0.4, 0.5) is 21.5 Å². The second-order valence-corrected chi connectivity index (χ2v) is 5.09. The third-order valence-corrected chi connectivity index (χ3v) is 3.43. The first-order valence-corrected chi connectivity index (χ1v) is 6.53. The number of anilines is 3. The minimum absolute atomic E-state index is 0.313. The average Bonchev–Trinajstić information content (AvgIpc) is 2.36. The van der Waals surface area contributed by atoms with E-state index in [9.17, 15) is 4.39 Å². The van der Waals surface area contributed by atoms with Crippen LogP contribution in [-0.2, 0) is 0 Å². The predicted molar refractivity (Wildman–Crippen MR) is 79.8 cm³/mol. The van der Waals surface area contributed by atoms with Crippen LogP contribution in [0.1, 0.15) is 0 Å². The number of benzene rings is 2. The van der Waals surface area contributed by atoms with Crippen LogP contribution in [-0.4, -0.2) is 7.11 Å². The Morgan fingerprint density at radius 3 is 2.68 bits per heavy atom. The Labute approximate surface area is 123 Å². The summed E-state index contributed by atoms with van der Waals surface area (Å²) in [5, 5.41) is 3.55. The normalized spacial score (nSPS) is 10.3. The summed E-state index contributed by atoms with van der Waals surface area (Å²) in [5.74, 6) is 0.177. The second kappa shape index (κ2) is 5.67. The van der Waals surface area contributed by atoms with Gasteiger partial charge >= 0.3 is 0 Å². The molecule has 6 heteroatoms. The van der Waals surface area contributed by atoms with E-state index in [1.807, 2.05) is 0 Å². The van der Waals surface area contributed by atoms with Crippen LogP contribution < -0.4 is 15.8 Å². The monoisotopic (exact) mass is 344 g/mol. The Balaban J connectivity index is 2.31. The van der Waals surface area contributed by atoms with Crippen molar-refractivity contribution in [3.63, 3.8) is 0 Å². The Kier molecular flexibility index (Phi) is 4.17. The zero-order chi connectivity index (χ0) is 14.0. The first-order valence-electron chi connectivity index (χ1n) is 5.36. The van der Waals surface area contributed by atoms with Crippen LogP contribution in [0.3, 0.4) is 0 Å². The summed E-state index contributed by atoms with van der Waals surface area (Å²) in [6, 6.07) is 8.05. The van der Waals surface area contributed by atoms with Gasteiger partial charge in [-0.3, -0.25) is 0 Å². The number of hydrogen-bond donors (Lipinski definition) is 2. The predicted octanol–water partition coefficient (Wildman–Crippen LogP) is 4.58. The van der Waals surface area contributed by atoms with Crippen molar-refractivity contribution in [2.75, 3.05) is 18.2 Å². The molecule has 0 aliphatic carbocycles. The first-order chi connectivity index (χ1) is 9.01. The molecule has 0 spiro atoms. The van der Waals surface area contributed by atoms with E-state index in [2.05, 4.69) is 21.2 Å². The summed E-state index contributed by atoms with van der Waals surface area (Å²) in [4.78, 5) is 0. The number of methoxy groups -OCH3 is 1. The quantitative estimate of drug-likeness (QED) is 0.801. The lowest BCUT2D eigenvalue weighted by molar-refractivity contribution is 0.415. The van der Waals surface area contributed by atoms with Crippen LogP contribution >= 0.6 is 27.5 Å². The summed E-state index contributed by atoms with van der Waals surface area (Å²) in [5.41, 5.74) is 7.39. The molecule has 0 aliphatic heterocycles. The van der Waals surface area contributed by atoms with Crippen molar-refractivity contribution >= 4 is 44.6 Å². The molecule has 19 heavy (non-hydrogen) atoms. The molecule has 0 saturated heterocycles. The zero-order valence-corrected chi connectivity index (χ0v) is 12.3. The van der Waals surface area contributed by atoms with Gasteiger partial charge in [0.15, 0.2) is 0 Å². The van der Waals surface area contributed by atoms with Gasteiger partial charge in [-0.2, -0.15) is 0 Å². The lowest BCUT2D eigenvalue weighted by Crippen LogP contribution is -1.98. The van der Waals surface area contributed by atoms with E-state index >= 15 is 0 Å². The van der Waals surface area contributed by atoms with E-state index < -0.39 is 5.82 Å². The number of nitrogen functional groups attached to an aromatic ring is 1. The summed E-state index contributed by atoms with van der Waals surface area (Å²) in [7, 11) is 1.55. The van der Waals surface area contributed by atoms with Gasteiger partial charge in [0.05, 0.1) is 28.0 Å². The topological polar surface area (TPSA) is 47.3 Å². The third-order valence-electron chi connectivity index (χ3n) is 2.52. The number of hydrogen-bond acceptors (Lipinski definition) is 3. The number of nitrogens with two attached hydrogens (primary N) is 1. The van der Waals surface area contributed by atoms with Gasteiger partial charge < -0.3 is 15.8 Å². The fourth-order valence-electron chi connectivity index (χ4n) is 1.57. The van der Waals surface area contributed by atoms with E-state index in [1.165, 1.54) is 6.07 Å². The van der Waals surface area contributed by atoms with E-state index in [0.29, 0.717) is 26.6 Å². The molecule has 0 aromatic heterocycles. The van der Waals surface area contributed by atoms with Gasteiger partial charge in [0.2, 0.25) is 0 Å². The number of nitrogens with one attached hydrogen (secondary N) is 1. The minimum atomic E-state index is -0.407. The third kappa shape index (κ3) is 3.11. The molecule has 0 heterocycles. The Morgan fingerprint density at radius 1 is 1.32 bits per heavy atom. The summed E-state index contributed by atoms with van der Waals surface area (Å²) < 4.78 is 18.7. The lowest BCUT2D eigenvalue weighted by atomic mass is 10.2. The van der Waals surface area contributed by atoms with Crippen LogP contribution in [0, 0.1) is 5.82 Å². The summed E-state index contributed by atoms with van der Waals surface area (Å²) in [6.45, 7) is 0.